The number of hydrogen-bond acceptors (Lipinski definition) is 4. The van der Waals surface area contributed by atoms with E-state index in [1.165, 1.54) is 32.1 Å². The number of rotatable bonds is 6. The molecular formula is C22H27N3O2. The lowest BCUT2D eigenvalue weighted by molar-refractivity contribution is -0.00278. The van der Waals surface area contributed by atoms with Crippen molar-refractivity contribution < 1.29 is 9.57 Å². The molecule has 1 aliphatic carbocycles. The van der Waals surface area contributed by atoms with E-state index in [0.29, 0.717) is 12.5 Å². The van der Waals surface area contributed by atoms with Crippen LogP contribution in [0.15, 0.2) is 48.5 Å². The average Bonchev–Trinajstić information content (AvgIpc) is 3.05. The number of fused-ring (bicyclic) bond motifs is 1. The largest absolute Gasteiger partial charge is 0.486 e. The molecule has 4 rings (SSSR count). The summed E-state index contributed by atoms with van der Waals surface area (Å²) in [4.78, 5) is 9.99. The van der Waals surface area contributed by atoms with E-state index in [4.69, 9.17) is 15.5 Å². The molecule has 5 heteroatoms. The van der Waals surface area contributed by atoms with Gasteiger partial charge in [-0.05, 0) is 48.6 Å². The first kappa shape index (κ1) is 18.0. The summed E-state index contributed by atoms with van der Waals surface area (Å²) in [6, 6.07) is 16.2. The number of benzene rings is 2. The first-order chi connectivity index (χ1) is 13.3. The van der Waals surface area contributed by atoms with Crippen molar-refractivity contribution in [1.82, 2.24) is 9.55 Å². The van der Waals surface area contributed by atoms with Gasteiger partial charge in [0.15, 0.2) is 0 Å². The highest BCUT2D eigenvalue weighted by atomic mass is 16.6. The van der Waals surface area contributed by atoms with E-state index in [9.17, 15) is 0 Å². The Morgan fingerprint density at radius 3 is 2.52 bits per heavy atom. The van der Waals surface area contributed by atoms with Crippen LogP contribution >= 0.6 is 0 Å². The summed E-state index contributed by atoms with van der Waals surface area (Å²) in [5.41, 5.74) is 3.23. The highest BCUT2D eigenvalue weighted by molar-refractivity contribution is 5.75. The Labute approximate surface area is 160 Å². The molecule has 27 heavy (non-hydrogen) atoms. The van der Waals surface area contributed by atoms with Crippen LogP contribution in [0.25, 0.3) is 11.0 Å². The number of nitrogens with two attached hydrogens (primary N) is 1. The zero-order valence-corrected chi connectivity index (χ0v) is 15.8. The molecule has 0 aliphatic heterocycles. The van der Waals surface area contributed by atoms with Crippen LogP contribution in [0.1, 0.15) is 49.6 Å². The minimum atomic E-state index is -0.0285. The number of imidazole rings is 1. The van der Waals surface area contributed by atoms with Crippen molar-refractivity contribution in [2.45, 2.75) is 44.8 Å². The van der Waals surface area contributed by atoms with E-state index in [2.05, 4.69) is 27.8 Å². The van der Waals surface area contributed by atoms with Gasteiger partial charge in [-0.25, -0.2) is 10.9 Å². The summed E-state index contributed by atoms with van der Waals surface area (Å²) >= 11 is 0. The van der Waals surface area contributed by atoms with Crippen molar-refractivity contribution in [1.29, 1.82) is 0 Å². The number of nitrogens with zero attached hydrogens (tertiary/aromatic N) is 2. The maximum atomic E-state index is 5.96. The molecule has 0 saturated heterocycles. The number of aryl methyl sites for hydroxylation is 1. The van der Waals surface area contributed by atoms with Gasteiger partial charge < -0.3 is 9.30 Å². The van der Waals surface area contributed by atoms with Crippen LogP contribution in [0.4, 0.5) is 0 Å². The van der Waals surface area contributed by atoms with E-state index in [0.717, 1.165) is 28.2 Å². The van der Waals surface area contributed by atoms with E-state index < -0.39 is 0 Å². The lowest BCUT2D eigenvalue weighted by atomic mass is 9.83. The Balaban J connectivity index is 1.43. The standard InChI is InChI=1S/C22H27N3O2/c1-25-20-10-6-5-9-19(20)24-21(25)15-26-18-13-11-17(12-14-18)22(27-23)16-7-3-2-4-8-16/h5-6,9-14,16,22H,2-4,7-8,15,23H2,1H3. The van der Waals surface area contributed by atoms with Crippen LogP contribution in [0.5, 0.6) is 5.75 Å². The average molecular weight is 365 g/mol. The van der Waals surface area contributed by atoms with Crippen molar-refractivity contribution in [3.05, 3.63) is 59.9 Å². The van der Waals surface area contributed by atoms with Crippen molar-refractivity contribution in [2.75, 3.05) is 0 Å². The van der Waals surface area contributed by atoms with Crippen molar-refractivity contribution in [3.8, 4) is 5.75 Å². The molecular weight excluding hydrogens is 338 g/mol. The van der Waals surface area contributed by atoms with Crippen LogP contribution < -0.4 is 10.6 Å². The SMILES string of the molecule is Cn1c(COc2ccc(C(ON)C3CCCCC3)cc2)nc2ccccc21. The second-order valence-electron chi connectivity index (χ2n) is 7.39. The molecule has 142 valence electrons. The van der Waals surface area contributed by atoms with E-state index in [1.54, 1.807) is 0 Å². The predicted octanol–water partition coefficient (Wildman–Crippen LogP) is 4.66. The minimum absolute atomic E-state index is 0.0285. The third-order valence-electron chi connectivity index (χ3n) is 5.68. The second kappa shape index (κ2) is 8.11. The Bertz CT molecular complexity index is 882. The maximum absolute atomic E-state index is 5.96. The van der Waals surface area contributed by atoms with Crippen LogP contribution in [0.2, 0.25) is 0 Å². The molecule has 1 unspecified atom stereocenters. The number of para-hydroxylation sites is 2. The van der Waals surface area contributed by atoms with Gasteiger partial charge in [0, 0.05) is 7.05 Å². The van der Waals surface area contributed by atoms with Gasteiger partial charge in [-0.1, -0.05) is 43.5 Å². The van der Waals surface area contributed by atoms with Gasteiger partial charge in [-0.15, -0.1) is 0 Å². The fourth-order valence-corrected chi connectivity index (χ4v) is 4.12. The predicted molar refractivity (Wildman–Crippen MR) is 106 cm³/mol. The molecule has 2 aromatic carbocycles. The summed E-state index contributed by atoms with van der Waals surface area (Å²) in [5.74, 6) is 7.86. The molecule has 3 aromatic rings. The molecule has 0 bridgehead atoms. The highest BCUT2D eigenvalue weighted by Gasteiger charge is 2.25. The van der Waals surface area contributed by atoms with Gasteiger partial charge in [-0.3, -0.25) is 4.84 Å². The highest BCUT2D eigenvalue weighted by Crippen LogP contribution is 2.36. The minimum Gasteiger partial charge on any atom is -0.486 e. The van der Waals surface area contributed by atoms with Gasteiger partial charge >= 0.3 is 0 Å². The number of ether oxygens (including phenoxy) is 1. The van der Waals surface area contributed by atoms with Gasteiger partial charge in [0.25, 0.3) is 0 Å². The Hall–Kier alpha value is -2.37. The third kappa shape index (κ3) is 3.84. The van der Waals surface area contributed by atoms with Crippen molar-refractivity contribution in [2.24, 2.45) is 18.9 Å². The summed E-state index contributed by atoms with van der Waals surface area (Å²) < 4.78 is 8.04. The van der Waals surface area contributed by atoms with Gasteiger partial charge in [0.2, 0.25) is 0 Å². The zero-order valence-electron chi connectivity index (χ0n) is 15.8. The van der Waals surface area contributed by atoms with Crippen molar-refractivity contribution >= 4 is 11.0 Å². The van der Waals surface area contributed by atoms with Crippen LogP contribution in [0, 0.1) is 5.92 Å². The van der Waals surface area contributed by atoms with Gasteiger partial charge in [0.1, 0.15) is 24.3 Å². The van der Waals surface area contributed by atoms with E-state index in [1.807, 2.05) is 37.4 Å². The molecule has 1 aromatic heterocycles. The molecule has 0 radical (unpaired) electrons. The Kier molecular flexibility index (Phi) is 5.41. The molecule has 0 amide bonds. The molecule has 1 saturated carbocycles. The Morgan fingerprint density at radius 2 is 1.81 bits per heavy atom. The second-order valence-corrected chi connectivity index (χ2v) is 7.39. The number of aromatic nitrogens is 2. The molecule has 1 fully saturated rings. The first-order valence-corrected chi connectivity index (χ1v) is 9.75. The Morgan fingerprint density at radius 1 is 1.07 bits per heavy atom. The quantitative estimate of drug-likeness (QED) is 0.645. The maximum Gasteiger partial charge on any atom is 0.147 e. The van der Waals surface area contributed by atoms with Crippen LogP contribution in [-0.4, -0.2) is 9.55 Å². The van der Waals surface area contributed by atoms with Crippen LogP contribution in [-0.2, 0) is 18.5 Å². The first-order valence-electron chi connectivity index (χ1n) is 9.75. The van der Waals surface area contributed by atoms with Gasteiger partial charge in [0.05, 0.1) is 11.0 Å². The fourth-order valence-electron chi connectivity index (χ4n) is 4.12. The van der Waals surface area contributed by atoms with E-state index in [-0.39, 0.29) is 6.10 Å². The molecule has 5 nitrogen and oxygen atoms in total. The normalized spacial score (nSPS) is 16.5. The lowest BCUT2D eigenvalue weighted by Crippen LogP contribution is -2.21. The molecule has 2 N–H and O–H groups in total. The zero-order chi connectivity index (χ0) is 18.6. The summed E-state index contributed by atoms with van der Waals surface area (Å²) in [6.07, 6.45) is 6.20. The fraction of sp³-hybridized carbons (Fsp3) is 0.409. The molecule has 1 aliphatic rings. The van der Waals surface area contributed by atoms with E-state index >= 15 is 0 Å². The summed E-state index contributed by atoms with van der Waals surface area (Å²) in [5, 5.41) is 0. The molecule has 1 atom stereocenters. The summed E-state index contributed by atoms with van der Waals surface area (Å²) in [7, 11) is 2.02. The van der Waals surface area contributed by atoms with Gasteiger partial charge in [-0.2, -0.15) is 0 Å². The van der Waals surface area contributed by atoms with Crippen LogP contribution in [0.3, 0.4) is 0 Å². The third-order valence-corrected chi connectivity index (χ3v) is 5.68. The molecule has 0 spiro atoms. The number of hydrogen-bond donors (Lipinski definition) is 1. The van der Waals surface area contributed by atoms with Crippen molar-refractivity contribution in [3.63, 3.8) is 0 Å². The summed E-state index contributed by atoms with van der Waals surface area (Å²) in [6.45, 7) is 0.434. The molecule has 1 heterocycles. The lowest BCUT2D eigenvalue weighted by Gasteiger charge is -2.28. The smallest absolute Gasteiger partial charge is 0.147 e. The monoisotopic (exact) mass is 365 g/mol. The topological polar surface area (TPSA) is 62.3 Å².